The zero-order valence-corrected chi connectivity index (χ0v) is 11.3. The number of rotatable bonds is 4. The lowest BCUT2D eigenvalue weighted by molar-refractivity contribution is -0.117. The standard InChI is InChI=1S/C12H11Cl2N3O2/c13-5-3-7(14)10-6(1-2-9(15)18)11(12(16)19)17-8(10)4-5/h3-4,17H,1-2H2,(H2,15,18)(H2,16,19). The van der Waals surface area contributed by atoms with Crippen molar-refractivity contribution in [3.63, 3.8) is 0 Å². The van der Waals surface area contributed by atoms with Gasteiger partial charge >= 0.3 is 0 Å². The number of H-pyrrole nitrogens is 1. The summed E-state index contributed by atoms with van der Waals surface area (Å²) in [5.74, 6) is -1.09. The van der Waals surface area contributed by atoms with Crippen LogP contribution in [-0.2, 0) is 11.2 Å². The summed E-state index contributed by atoms with van der Waals surface area (Å²) in [6.07, 6.45) is 0.390. The van der Waals surface area contributed by atoms with Gasteiger partial charge in [0.2, 0.25) is 5.91 Å². The summed E-state index contributed by atoms with van der Waals surface area (Å²) in [6, 6.07) is 3.21. The quantitative estimate of drug-likeness (QED) is 0.804. The number of fused-ring (bicyclic) bond motifs is 1. The maximum atomic E-state index is 11.4. The van der Waals surface area contributed by atoms with Gasteiger partial charge in [-0.1, -0.05) is 23.2 Å². The van der Waals surface area contributed by atoms with Gasteiger partial charge in [0.05, 0.1) is 5.02 Å². The van der Waals surface area contributed by atoms with Crippen molar-refractivity contribution in [2.24, 2.45) is 11.5 Å². The van der Waals surface area contributed by atoms with E-state index in [4.69, 9.17) is 34.7 Å². The molecule has 1 heterocycles. The summed E-state index contributed by atoms with van der Waals surface area (Å²) < 4.78 is 0. The second-order valence-electron chi connectivity index (χ2n) is 4.12. The summed E-state index contributed by atoms with van der Waals surface area (Å²) in [5.41, 5.74) is 11.8. The minimum Gasteiger partial charge on any atom is -0.370 e. The van der Waals surface area contributed by atoms with E-state index in [0.717, 1.165) is 0 Å². The van der Waals surface area contributed by atoms with Gasteiger partial charge in [0.25, 0.3) is 5.91 Å². The third kappa shape index (κ3) is 2.67. The van der Waals surface area contributed by atoms with E-state index >= 15 is 0 Å². The average Bonchev–Trinajstić information content (AvgIpc) is 2.64. The SMILES string of the molecule is NC(=O)CCc1c(C(N)=O)[nH]c2cc(Cl)cc(Cl)c12. The molecular formula is C12H11Cl2N3O2. The number of amides is 2. The predicted octanol–water partition coefficient (Wildman–Crippen LogP) is 1.99. The molecule has 1 aromatic carbocycles. The molecule has 0 radical (unpaired) electrons. The van der Waals surface area contributed by atoms with Gasteiger partial charge in [-0.3, -0.25) is 9.59 Å². The number of benzene rings is 1. The number of carbonyl (C=O) groups excluding carboxylic acids is 2. The Hall–Kier alpha value is -1.72. The Balaban J connectivity index is 2.65. The van der Waals surface area contributed by atoms with Crippen molar-refractivity contribution in [1.29, 1.82) is 0 Å². The van der Waals surface area contributed by atoms with Crippen molar-refractivity contribution in [1.82, 2.24) is 4.98 Å². The van der Waals surface area contributed by atoms with Crippen molar-refractivity contribution in [3.8, 4) is 0 Å². The second kappa shape index (κ2) is 5.11. The highest BCUT2D eigenvalue weighted by atomic mass is 35.5. The number of nitrogens with two attached hydrogens (primary N) is 2. The largest absolute Gasteiger partial charge is 0.370 e. The molecule has 5 N–H and O–H groups in total. The van der Waals surface area contributed by atoms with Crippen LogP contribution in [0.1, 0.15) is 22.5 Å². The van der Waals surface area contributed by atoms with Gasteiger partial charge in [0.1, 0.15) is 5.69 Å². The van der Waals surface area contributed by atoms with E-state index in [1.165, 1.54) is 0 Å². The van der Waals surface area contributed by atoms with Gasteiger partial charge < -0.3 is 16.5 Å². The molecule has 0 aliphatic carbocycles. The molecule has 2 rings (SSSR count). The van der Waals surface area contributed by atoms with Crippen molar-refractivity contribution in [3.05, 3.63) is 33.4 Å². The normalized spacial score (nSPS) is 10.8. The molecule has 0 atom stereocenters. The lowest BCUT2D eigenvalue weighted by Crippen LogP contribution is -2.16. The summed E-state index contributed by atoms with van der Waals surface area (Å²) >= 11 is 12.0. The molecular weight excluding hydrogens is 289 g/mol. The van der Waals surface area contributed by atoms with E-state index in [-0.39, 0.29) is 18.5 Å². The number of hydrogen-bond acceptors (Lipinski definition) is 2. The van der Waals surface area contributed by atoms with Crippen LogP contribution in [-0.4, -0.2) is 16.8 Å². The molecule has 7 heteroatoms. The van der Waals surface area contributed by atoms with Crippen molar-refractivity contribution in [2.75, 3.05) is 0 Å². The number of aromatic nitrogens is 1. The van der Waals surface area contributed by atoms with E-state index < -0.39 is 11.8 Å². The highest BCUT2D eigenvalue weighted by Crippen LogP contribution is 2.33. The Kier molecular flexibility index (Phi) is 3.68. The van der Waals surface area contributed by atoms with Crippen LogP contribution in [0.3, 0.4) is 0 Å². The van der Waals surface area contributed by atoms with Crippen LogP contribution in [0.2, 0.25) is 10.0 Å². The van der Waals surface area contributed by atoms with Gasteiger partial charge in [-0.15, -0.1) is 0 Å². The first-order valence-electron chi connectivity index (χ1n) is 5.48. The summed E-state index contributed by atoms with van der Waals surface area (Å²) in [7, 11) is 0. The van der Waals surface area contributed by atoms with Gasteiger partial charge in [0.15, 0.2) is 0 Å². The second-order valence-corrected chi connectivity index (χ2v) is 4.96. The molecule has 0 spiro atoms. The van der Waals surface area contributed by atoms with Crippen LogP contribution in [0.15, 0.2) is 12.1 Å². The van der Waals surface area contributed by atoms with Crippen LogP contribution < -0.4 is 11.5 Å². The molecule has 2 aromatic rings. The summed E-state index contributed by atoms with van der Waals surface area (Å²) in [5, 5.41) is 1.48. The molecule has 0 unspecified atom stereocenters. The average molecular weight is 300 g/mol. The first-order valence-corrected chi connectivity index (χ1v) is 6.23. The highest BCUT2D eigenvalue weighted by molar-refractivity contribution is 6.39. The third-order valence-corrected chi connectivity index (χ3v) is 3.30. The van der Waals surface area contributed by atoms with Crippen LogP contribution >= 0.6 is 23.2 Å². The number of primary amides is 2. The molecule has 0 aliphatic heterocycles. The topological polar surface area (TPSA) is 102 Å². The molecule has 0 bridgehead atoms. The molecule has 0 saturated carbocycles. The first-order chi connectivity index (χ1) is 8.90. The van der Waals surface area contributed by atoms with Crippen molar-refractivity contribution >= 4 is 45.9 Å². The molecule has 5 nitrogen and oxygen atoms in total. The molecule has 0 aliphatic rings. The van der Waals surface area contributed by atoms with E-state index in [1.807, 2.05) is 0 Å². The number of halogens is 2. The fourth-order valence-corrected chi connectivity index (χ4v) is 2.63. The first kappa shape index (κ1) is 13.7. The van der Waals surface area contributed by atoms with Crippen LogP contribution in [0, 0.1) is 0 Å². The van der Waals surface area contributed by atoms with Crippen molar-refractivity contribution in [2.45, 2.75) is 12.8 Å². The van der Waals surface area contributed by atoms with Gasteiger partial charge in [0, 0.05) is 22.3 Å². The fraction of sp³-hybridized carbons (Fsp3) is 0.167. The number of hydrogen-bond donors (Lipinski definition) is 3. The smallest absolute Gasteiger partial charge is 0.265 e. The molecule has 1 aromatic heterocycles. The van der Waals surface area contributed by atoms with Gasteiger partial charge in [-0.2, -0.15) is 0 Å². The van der Waals surface area contributed by atoms with E-state index in [1.54, 1.807) is 12.1 Å². The van der Waals surface area contributed by atoms with Crippen molar-refractivity contribution < 1.29 is 9.59 Å². The van der Waals surface area contributed by atoms with E-state index in [2.05, 4.69) is 4.98 Å². The Morgan fingerprint density at radius 1 is 1.21 bits per heavy atom. The number of aryl methyl sites for hydroxylation is 1. The fourth-order valence-electron chi connectivity index (χ4n) is 2.02. The molecule has 100 valence electrons. The number of carbonyl (C=O) groups is 2. The Morgan fingerprint density at radius 2 is 1.89 bits per heavy atom. The van der Waals surface area contributed by atoms with E-state index in [0.29, 0.717) is 26.5 Å². The van der Waals surface area contributed by atoms with Crippen LogP contribution in [0.5, 0.6) is 0 Å². The lowest BCUT2D eigenvalue weighted by Gasteiger charge is -2.02. The zero-order valence-electron chi connectivity index (χ0n) is 9.80. The van der Waals surface area contributed by atoms with Gasteiger partial charge in [-0.05, 0) is 24.1 Å². The van der Waals surface area contributed by atoms with Crippen LogP contribution in [0.4, 0.5) is 0 Å². The maximum Gasteiger partial charge on any atom is 0.265 e. The van der Waals surface area contributed by atoms with E-state index in [9.17, 15) is 9.59 Å². The molecule has 2 amide bonds. The number of nitrogens with one attached hydrogen (secondary N) is 1. The maximum absolute atomic E-state index is 11.4. The summed E-state index contributed by atoms with van der Waals surface area (Å²) in [6.45, 7) is 0. The highest BCUT2D eigenvalue weighted by Gasteiger charge is 2.18. The molecule has 0 fully saturated rings. The zero-order chi connectivity index (χ0) is 14.2. The molecule has 0 saturated heterocycles. The minimum absolute atomic E-state index is 0.103. The monoisotopic (exact) mass is 299 g/mol. The molecule has 19 heavy (non-hydrogen) atoms. The minimum atomic E-state index is -0.622. The predicted molar refractivity (Wildman–Crippen MR) is 74.4 cm³/mol. The Bertz CT molecular complexity index is 679. The number of aromatic amines is 1. The third-order valence-electron chi connectivity index (χ3n) is 2.79. The Morgan fingerprint density at radius 3 is 2.47 bits per heavy atom. The van der Waals surface area contributed by atoms with Gasteiger partial charge in [-0.25, -0.2) is 0 Å². The lowest BCUT2D eigenvalue weighted by atomic mass is 10.0. The Labute approximate surface area is 118 Å². The summed E-state index contributed by atoms with van der Waals surface area (Å²) in [4.78, 5) is 25.2. The van der Waals surface area contributed by atoms with Crippen LogP contribution in [0.25, 0.3) is 10.9 Å².